The minimum Gasteiger partial charge on any atom is -0.328 e. The normalized spacial score (nSPS) is 12.3. The number of benzene rings is 2. The molecule has 1 heterocycles. The summed E-state index contributed by atoms with van der Waals surface area (Å²) in [7, 11) is 0. The molecule has 21 heavy (non-hydrogen) atoms. The fourth-order valence-electron chi connectivity index (χ4n) is 2.39. The predicted molar refractivity (Wildman–Crippen MR) is 87.9 cm³/mol. The van der Waals surface area contributed by atoms with Crippen molar-refractivity contribution in [1.29, 1.82) is 0 Å². The smallest absolute Gasteiger partial charge is 0.0951 e. The minimum atomic E-state index is -0.166. The molecule has 0 spiro atoms. The predicted octanol–water partition coefficient (Wildman–Crippen LogP) is 3.74. The lowest BCUT2D eigenvalue weighted by Crippen LogP contribution is -2.16. The van der Waals surface area contributed by atoms with Gasteiger partial charge in [-0.3, -0.25) is 0 Å². The Kier molecular flexibility index (Phi) is 4.18. The van der Waals surface area contributed by atoms with Gasteiger partial charge in [0.15, 0.2) is 0 Å². The highest BCUT2D eigenvalue weighted by atomic mass is 79.9. The summed E-state index contributed by atoms with van der Waals surface area (Å²) in [6, 6.07) is 18.2. The Morgan fingerprint density at radius 1 is 1.10 bits per heavy atom. The Balaban J connectivity index is 1.87. The molecule has 0 fully saturated rings. The lowest BCUT2D eigenvalue weighted by molar-refractivity contribution is 0.695. The van der Waals surface area contributed by atoms with E-state index in [1.807, 2.05) is 55.0 Å². The SMILES string of the molecule is NC(c1ccccc1)c1cncn1Cc1cccc(Br)c1. The average Bonchev–Trinajstić information content (AvgIpc) is 2.95. The molecule has 0 aliphatic rings. The van der Waals surface area contributed by atoms with Gasteiger partial charge < -0.3 is 10.3 Å². The molecule has 2 N–H and O–H groups in total. The number of hydrogen-bond donors (Lipinski definition) is 1. The molecule has 3 aromatic rings. The van der Waals surface area contributed by atoms with E-state index in [-0.39, 0.29) is 6.04 Å². The van der Waals surface area contributed by atoms with E-state index in [0.717, 1.165) is 22.3 Å². The van der Waals surface area contributed by atoms with Gasteiger partial charge in [-0.1, -0.05) is 58.4 Å². The first-order valence-electron chi connectivity index (χ1n) is 6.79. The highest BCUT2D eigenvalue weighted by molar-refractivity contribution is 9.10. The molecular weight excluding hydrogens is 326 g/mol. The Hall–Kier alpha value is -1.91. The number of nitrogens with two attached hydrogens (primary N) is 1. The first-order chi connectivity index (χ1) is 10.2. The summed E-state index contributed by atoms with van der Waals surface area (Å²) in [5.41, 5.74) is 9.69. The number of rotatable bonds is 4. The van der Waals surface area contributed by atoms with E-state index in [0.29, 0.717) is 0 Å². The summed E-state index contributed by atoms with van der Waals surface area (Å²) in [6.45, 7) is 0.759. The van der Waals surface area contributed by atoms with Crippen molar-refractivity contribution in [3.8, 4) is 0 Å². The van der Waals surface area contributed by atoms with Crippen molar-refractivity contribution in [1.82, 2.24) is 9.55 Å². The van der Waals surface area contributed by atoms with Gasteiger partial charge >= 0.3 is 0 Å². The Morgan fingerprint density at radius 3 is 2.67 bits per heavy atom. The van der Waals surface area contributed by atoms with Crippen LogP contribution in [-0.2, 0) is 6.54 Å². The van der Waals surface area contributed by atoms with Crippen LogP contribution in [0.3, 0.4) is 0 Å². The van der Waals surface area contributed by atoms with Crippen LogP contribution in [0, 0.1) is 0 Å². The number of aromatic nitrogens is 2. The van der Waals surface area contributed by atoms with E-state index in [2.05, 4.69) is 37.6 Å². The lowest BCUT2D eigenvalue weighted by Gasteiger charge is -2.15. The van der Waals surface area contributed by atoms with E-state index in [9.17, 15) is 0 Å². The third kappa shape index (κ3) is 3.23. The van der Waals surface area contributed by atoms with Gasteiger partial charge in [-0.25, -0.2) is 4.98 Å². The van der Waals surface area contributed by atoms with Crippen molar-refractivity contribution < 1.29 is 0 Å². The fraction of sp³-hybridized carbons (Fsp3) is 0.118. The van der Waals surface area contributed by atoms with Crippen molar-refractivity contribution in [2.75, 3.05) is 0 Å². The van der Waals surface area contributed by atoms with Crippen molar-refractivity contribution in [2.45, 2.75) is 12.6 Å². The molecule has 0 aliphatic carbocycles. The molecule has 1 atom stereocenters. The quantitative estimate of drug-likeness (QED) is 0.785. The molecule has 0 radical (unpaired) electrons. The highest BCUT2D eigenvalue weighted by Gasteiger charge is 2.13. The zero-order chi connectivity index (χ0) is 14.7. The Morgan fingerprint density at radius 2 is 1.90 bits per heavy atom. The van der Waals surface area contributed by atoms with Gasteiger partial charge in [-0.15, -0.1) is 0 Å². The van der Waals surface area contributed by atoms with Crippen molar-refractivity contribution >= 4 is 15.9 Å². The number of hydrogen-bond acceptors (Lipinski definition) is 2. The lowest BCUT2D eigenvalue weighted by atomic mass is 10.1. The van der Waals surface area contributed by atoms with Crippen LogP contribution < -0.4 is 5.73 Å². The van der Waals surface area contributed by atoms with Gasteiger partial charge in [0.25, 0.3) is 0 Å². The van der Waals surface area contributed by atoms with Gasteiger partial charge in [-0.2, -0.15) is 0 Å². The molecule has 1 aromatic heterocycles. The molecule has 4 heteroatoms. The maximum Gasteiger partial charge on any atom is 0.0951 e. The maximum atomic E-state index is 6.38. The Bertz CT molecular complexity index is 722. The summed E-state index contributed by atoms with van der Waals surface area (Å²) in [5, 5.41) is 0. The van der Waals surface area contributed by atoms with Crippen LogP contribution in [0.15, 0.2) is 71.6 Å². The topological polar surface area (TPSA) is 43.8 Å². The van der Waals surface area contributed by atoms with Crippen molar-refractivity contribution in [3.63, 3.8) is 0 Å². The van der Waals surface area contributed by atoms with E-state index in [4.69, 9.17) is 5.73 Å². The molecule has 0 aliphatic heterocycles. The second-order valence-corrected chi connectivity index (χ2v) is 5.88. The van der Waals surface area contributed by atoms with Crippen LogP contribution in [0.4, 0.5) is 0 Å². The molecule has 0 saturated heterocycles. The van der Waals surface area contributed by atoms with Crippen LogP contribution in [-0.4, -0.2) is 9.55 Å². The second kappa shape index (κ2) is 6.24. The van der Waals surface area contributed by atoms with Crippen molar-refractivity contribution in [3.05, 3.63) is 88.4 Å². The van der Waals surface area contributed by atoms with Crippen LogP contribution in [0.2, 0.25) is 0 Å². The molecule has 106 valence electrons. The first-order valence-corrected chi connectivity index (χ1v) is 7.58. The van der Waals surface area contributed by atoms with Crippen LogP contribution >= 0.6 is 15.9 Å². The fourth-order valence-corrected chi connectivity index (χ4v) is 2.83. The monoisotopic (exact) mass is 341 g/mol. The van der Waals surface area contributed by atoms with Crippen LogP contribution in [0.1, 0.15) is 22.9 Å². The summed E-state index contributed by atoms with van der Waals surface area (Å²) in [6.07, 6.45) is 3.68. The minimum absolute atomic E-state index is 0.166. The van der Waals surface area contributed by atoms with Gasteiger partial charge in [0.05, 0.1) is 24.3 Å². The number of nitrogens with zero attached hydrogens (tertiary/aromatic N) is 2. The van der Waals surface area contributed by atoms with E-state index >= 15 is 0 Å². The molecule has 1 unspecified atom stereocenters. The average molecular weight is 342 g/mol. The van der Waals surface area contributed by atoms with Crippen LogP contribution in [0.25, 0.3) is 0 Å². The van der Waals surface area contributed by atoms with Gasteiger partial charge in [-0.05, 0) is 23.3 Å². The van der Waals surface area contributed by atoms with Crippen LogP contribution in [0.5, 0.6) is 0 Å². The molecule has 0 amide bonds. The molecule has 0 saturated carbocycles. The highest BCUT2D eigenvalue weighted by Crippen LogP contribution is 2.20. The zero-order valence-corrected chi connectivity index (χ0v) is 13.1. The molecular formula is C17H16BrN3. The molecule has 2 aromatic carbocycles. The van der Waals surface area contributed by atoms with E-state index < -0.39 is 0 Å². The number of halogens is 1. The number of imidazole rings is 1. The van der Waals surface area contributed by atoms with Gasteiger partial charge in [0.2, 0.25) is 0 Å². The third-order valence-electron chi connectivity index (χ3n) is 3.46. The molecule has 0 bridgehead atoms. The summed E-state index contributed by atoms with van der Waals surface area (Å²) in [5.74, 6) is 0. The first kappa shape index (κ1) is 14.0. The largest absolute Gasteiger partial charge is 0.328 e. The third-order valence-corrected chi connectivity index (χ3v) is 3.96. The Labute approximate surface area is 132 Å². The standard InChI is InChI=1S/C17H16BrN3/c18-15-8-4-5-13(9-15)11-21-12-20-10-16(21)17(19)14-6-2-1-3-7-14/h1-10,12,17H,11,19H2. The summed E-state index contributed by atoms with van der Waals surface area (Å²) in [4.78, 5) is 4.26. The molecule has 3 nitrogen and oxygen atoms in total. The summed E-state index contributed by atoms with van der Waals surface area (Å²) >= 11 is 3.50. The van der Waals surface area contributed by atoms with E-state index in [1.54, 1.807) is 0 Å². The second-order valence-electron chi connectivity index (χ2n) is 4.96. The summed E-state index contributed by atoms with van der Waals surface area (Å²) < 4.78 is 3.17. The zero-order valence-electron chi connectivity index (χ0n) is 11.5. The molecule has 3 rings (SSSR count). The van der Waals surface area contributed by atoms with Gasteiger partial charge in [0.1, 0.15) is 0 Å². The maximum absolute atomic E-state index is 6.38. The van der Waals surface area contributed by atoms with Crippen molar-refractivity contribution in [2.24, 2.45) is 5.73 Å². The van der Waals surface area contributed by atoms with E-state index in [1.165, 1.54) is 5.56 Å². The van der Waals surface area contributed by atoms with Gasteiger partial charge in [0, 0.05) is 11.0 Å².